The lowest BCUT2D eigenvalue weighted by Gasteiger charge is -2.34. The Hall–Kier alpha value is -4.61. The lowest BCUT2D eigenvalue weighted by atomic mass is 10.0. The summed E-state index contributed by atoms with van der Waals surface area (Å²) in [5.41, 5.74) is 1.41. The van der Waals surface area contributed by atoms with Crippen LogP contribution in [0.25, 0.3) is 0 Å². The normalized spacial score (nSPS) is 11.8. The van der Waals surface area contributed by atoms with Crippen LogP contribution in [0.5, 0.6) is 11.5 Å². The number of methoxy groups -OCH3 is 2. The summed E-state index contributed by atoms with van der Waals surface area (Å²) < 4.78 is 54.0. The molecule has 4 aromatic carbocycles. The van der Waals surface area contributed by atoms with Crippen molar-refractivity contribution < 1.29 is 31.9 Å². The number of nitrogens with one attached hydrogen (secondary N) is 1. The molecule has 0 bridgehead atoms. The third kappa shape index (κ3) is 8.81. The number of hydrogen-bond donors (Lipinski definition) is 1. The van der Waals surface area contributed by atoms with Crippen LogP contribution >= 0.6 is 11.6 Å². The van der Waals surface area contributed by atoms with Gasteiger partial charge in [-0.15, -0.1) is 0 Å². The van der Waals surface area contributed by atoms with Gasteiger partial charge in [-0.3, -0.25) is 13.9 Å². The zero-order valence-corrected chi connectivity index (χ0v) is 27.9. The van der Waals surface area contributed by atoms with Gasteiger partial charge in [-0.05, 0) is 60.0 Å². The number of sulfonamides is 1. The van der Waals surface area contributed by atoms with E-state index >= 15 is 0 Å². The first-order chi connectivity index (χ1) is 22.6. The van der Waals surface area contributed by atoms with Crippen molar-refractivity contribution in [1.82, 2.24) is 10.2 Å². The van der Waals surface area contributed by atoms with Crippen LogP contribution in [-0.2, 0) is 32.6 Å². The van der Waals surface area contributed by atoms with Gasteiger partial charge in [0.05, 0.1) is 24.8 Å². The van der Waals surface area contributed by atoms with E-state index in [-0.39, 0.29) is 29.3 Å². The van der Waals surface area contributed by atoms with Crippen LogP contribution in [0, 0.1) is 5.82 Å². The fourth-order valence-corrected chi connectivity index (χ4v) is 6.60. The number of carbonyl (C=O) groups excluding carboxylic acids is 2. The highest BCUT2D eigenvalue weighted by molar-refractivity contribution is 7.92. The maximum Gasteiger partial charge on any atom is 0.264 e. The van der Waals surface area contributed by atoms with Crippen molar-refractivity contribution in [2.45, 2.75) is 37.2 Å². The Morgan fingerprint density at radius 2 is 1.55 bits per heavy atom. The van der Waals surface area contributed by atoms with Crippen molar-refractivity contribution in [1.29, 1.82) is 0 Å². The van der Waals surface area contributed by atoms with E-state index in [0.717, 1.165) is 22.0 Å². The Balaban J connectivity index is 1.82. The van der Waals surface area contributed by atoms with Gasteiger partial charge in [-0.1, -0.05) is 67.1 Å². The average molecular weight is 682 g/mol. The molecule has 47 heavy (non-hydrogen) atoms. The lowest BCUT2D eigenvalue weighted by Crippen LogP contribution is -2.53. The molecule has 248 valence electrons. The van der Waals surface area contributed by atoms with Gasteiger partial charge in [0.15, 0.2) is 11.5 Å². The van der Waals surface area contributed by atoms with Gasteiger partial charge in [0.25, 0.3) is 10.0 Å². The lowest BCUT2D eigenvalue weighted by molar-refractivity contribution is -0.140. The molecule has 4 rings (SSSR count). The van der Waals surface area contributed by atoms with Crippen LogP contribution in [-0.4, -0.2) is 58.5 Å². The molecule has 0 aliphatic carbocycles. The Morgan fingerprint density at radius 1 is 0.894 bits per heavy atom. The average Bonchev–Trinajstić information content (AvgIpc) is 3.08. The van der Waals surface area contributed by atoms with Crippen molar-refractivity contribution >= 4 is 39.1 Å². The molecule has 4 aromatic rings. The second-order valence-electron chi connectivity index (χ2n) is 10.6. The van der Waals surface area contributed by atoms with Gasteiger partial charge in [-0.25, -0.2) is 12.8 Å². The van der Waals surface area contributed by atoms with Gasteiger partial charge in [-0.2, -0.15) is 0 Å². The number of anilines is 1. The minimum atomic E-state index is -4.45. The summed E-state index contributed by atoms with van der Waals surface area (Å²) in [6.45, 7) is 1.51. The highest BCUT2D eigenvalue weighted by Gasteiger charge is 2.35. The van der Waals surface area contributed by atoms with Crippen molar-refractivity contribution in [3.63, 3.8) is 0 Å². The predicted octanol–water partition coefficient (Wildman–Crippen LogP) is 5.86. The molecule has 0 aliphatic heterocycles. The quantitative estimate of drug-likeness (QED) is 0.169. The minimum absolute atomic E-state index is 0.0438. The number of amides is 2. The van der Waals surface area contributed by atoms with E-state index in [0.29, 0.717) is 29.3 Å². The SMILES string of the molecule is CCCNC(=O)[C@H](Cc1ccccc1)N(Cc1ccccc1Cl)C(=O)CN(c1ccc(F)cc1)S(=O)(=O)c1ccc(OC)c(OC)c1. The maximum absolute atomic E-state index is 14.5. The van der Waals surface area contributed by atoms with Crippen LogP contribution in [0.3, 0.4) is 0 Å². The standard InChI is InChI=1S/C35H37ClFN3O6S/c1-4-20-38-35(42)31(21-25-10-6-5-7-11-25)39(23-26-12-8-9-13-30(26)36)34(41)24-40(28-16-14-27(37)15-17-28)47(43,44)29-18-19-32(45-2)33(22-29)46-3/h5-19,22,31H,4,20-21,23-24H2,1-3H3,(H,38,42)/t31-/m0/s1. The summed E-state index contributed by atoms with van der Waals surface area (Å²) in [5.74, 6) is -1.18. The van der Waals surface area contributed by atoms with Gasteiger partial charge in [0.2, 0.25) is 11.8 Å². The van der Waals surface area contributed by atoms with E-state index in [9.17, 15) is 22.4 Å². The fourth-order valence-electron chi connectivity index (χ4n) is 4.97. The molecule has 12 heteroatoms. The fraction of sp³-hybridized carbons (Fsp3) is 0.257. The van der Waals surface area contributed by atoms with Crippen molar-refractivity contribution in [2.24, 2.45) is 0 Å². The molecule has 0 radical (unpaired) electrons. The number of benzene rings is 4. The Kier molecular flexibility index (Phi) is 12.2. The molecule has 0 heterocycles. The van der Waals surface area contributed by atoms with Crippen LogP contribution in [0.2, 0.25) is 5.02 Å². The summed E-state index contributed by atoms with van der Waals surface area (Å²) in [6, 6.07) is 23.9. The molecule has 0 saturated heterocycles. The second-order valence-corrected chi connectivity index (χ2v) is 12.9. The first-order valence-corrected chi connectivity index (χ1v) is 16.8. The molecular formula is C35H37ClFN3O6S. The van der Waals surface area contributed by atoms with Crippen LogP contribution in [0.15, 0.2) is 102 Å². The molecule has 0 fully saturated rings. The number of ether oxygens (including phenoxy) is 2. The maximum atomic E-state index is 14.5. The molecule has 0 aromatic heterocycles. The molecule has 0 unspecified atom stereocenters. The Bertz CT molecular complexity index is 1770. The number of rotatable bonds is 15. The third-order valence-electron chi connectivity index (χ3n) is 7.46. The zero-order chi connectivity index (χ0) is 34.0. The number of carbonyl (C=O) groups is 2. The van der Waals surface area contributed by atoms with Crippen molar-refractivity contribution in [3.05, 3.63) is 119 Å². The number of nitrogens with zero attached hydrogens (tertiary/aromatic N) is 2. The van der Waals surface area contributed by atoms with E-state index in [1.165, 1.54) is 49.5 Å². The Labute approximate surface area is 279 Å². The van der Waals surface area contributed by atoms with Gasteiger partial charge in [0.1, 0.15) is 18.4 Å². The number of hydrogen-bond acceptors (Lipinski definition) is 6. The monoisotopic (exact) mass is 681 g/mol. The van der Waals surface area contributed by atoms with E-state index in [1.807, 2.05) is 37.3 Å². The molecule has 0 aliphatic rings. The molecule has 1 atom stereocenters. The number of halogens is 2. The highest BCUT2D eigenvalue weighted by atomic mass is 35.5. The smallest absolute Gasteiger partial charge is 0.264 e. The van der Waals surface area contributed by atoms with Crippen LogP contribution in [0.1, 0.15) is 24.5 Å². The molecule has 2 amide bonds. The summed E-state index contributed by atoms with van der Waals surface area (Å²) in [6.07, 6.45) is 0.829. The molecule has 9 nitrogen and oxygen atoms in total. The van der Waals surface area contributed by atoms with Gasteiger partial charge >= 0.3 is 0 Å². The van der Waals surface area contributed by atoms with Gasteiger partial charge < -0.3 is 19.7 Å². The van der Waals surface area contributed by atoms with E-state index in [4.69, 9.17) is 21.1 Å². The van der Waals surface area contributed by atoms with Gasteiger partial charge in [0, 0.05) is 30.6 Å². The second kappa shape index (κ2) is 16.3. The van der Waals surface area contributed by atoms with Crippen molar-refractivity contribution in [3.8, 4) is 11.5 Å². The molecule has 0 spiro atoms. The van der Waals surface area contributed by atoms with E-state index < -0.39 is 40.2 Å². The zero-order valence-electron chi connectivity index (χ0n) is 26.4. The summed E-state index contributed by atoms with van der Waals surface area (Å²) in [5, 5.41) is 3.27. The first-order valence-electron chi connectivity index (χ1n) is 14.9. The topological polar surface area (TPSA) is 105 Å². The van der Waals surface area contributed by atoms with Crippen LogP contribution in [0.4, 0.5) is 10.1 Å². The predicted molar refractivity (Wildman–Crippen MR) is 180 cm³/mol. The highest BCUT2D eigenvalue weighted by Crippen LogP contribution is 2.32. The summed E-state index contributed by atoms with van der Waals surface area (Å²) >= 11 is 6.52. The van der Waals surface area contributed by atoms with E-state index in [1.54, 1.807) is 24.3 Å². The summed E-state index contributed by atoms with van der Waals surface area (Å²) in [4.78, 5) is 29.4. The Morgan fingerprint density at radius 3 is 2.19 bits per heavy atom. The minimum Gasteiger partial charge on any atom is -0.493 e. The largest absolute Gasteiger partial charge is 0.493 e. The summed E-state index contributed by atoms with van der Waals surface area (Å²) in [7, 11) is -1.66. The van der Waals surface area contributed by atoms with Crippen molar-refractivity contribution in [2.75, 3.05) is 31.6 Å². The first kappa shape index (κ1) is 35.2. The molecular weight excluding hydrogens is 645 g/mol. The van der Waals surface area contributed by atoms with Crippen LogP contribution < -0.4 is 19.1 Å². The third-order valence-corrected chi connectivity index (χ3v) is 9.59. The molecule has 1 N–H and O–H groups in total. The molecule has 0 saturated carbocycles. The van der Waals surface area contributed by atoms with E-state index in [2.05, 4.69) is 5.32 Å².